The van der Waals surface area contributed by atoms with Crippen molar-refractivity contribution in [3.63, 3.8) is 0 Å². The van der Waals surface area contributed by atoms with Crippen LogP contribution in [0.1, 0.15) is 25.7 Å². The molecule has 2 rings (SSSR count). The Morgan fingerprint density at radius 2 is 2.00 bits per heavy atom. The highest BCUT2D eigenvalue weighted by Gasteiger charge is 2.25. The summed E-state index contributed by atoms with van der Waals surface area (Å²) < 4.78 is 35.1. The lowest BCUT2D eigenvalue weighted by Crippen LogP contribution is -2.30. The molecule has 1 fully saturated rings. The second-order valence-electron chi connectivity index (χ2n) is 4.90. The zero-order chi connectivity index (χ0) is 14.8. The fourth-order valence-corrected chi connectivity index (χ4v) is 3.60. The molecule has 1 aliphatic carbocycles. The van der Waals surface area contributed by atoms with Gasteiger partial charge in [-0.05, 0) is 37.5 Å². The van der Waals surface area contributed by atoms with Crippen LogP contribution in [0.4, 0.5) is 0 Å². The van der Waals surface area contributed by atoms with Crippen LogP contribution < -0.4 is 9.88 Å². The van der Waals surface area contributed by atoms with Gasteiger partial charge in [0.05, 0.1) is 6.10 Å². The van der Waals surface area contributed by atoms with Crippen molar-refractivity contribution in [2.24, 2.45) is 5.14 Å². The minimum absolute atomic E-state index is 0.00594. The number of hydrogen-bond acceptors (Lipinski definition) is 4. The van der Waals surface area contributed by atoms with Crippen LogP contribution in [0.5, 0.6) is 5.75 Å². The molecule has 0 radical (unpaired) electrons. The normalized spacial score (nSPS) is 23.6. The van der Waals surface area contributed by atoms with E-state index >= 15 is 0 Å². The van der Waals surface area contributed by atoms with Gasteiger partial charge < -0.3 is 9.47 Å². The van der Waals surface area contributed by atoms with Crippen molar-refractivity contribution in [3.05, 3.63) is 22.7 Å². The summed E-state index contributed by atoms with van der Waals surface area (Å²) in [5.74, 6) is 0.303. The molecule has 5 nitrogen and oxygen atoms in total. The van der Waals surface area contributed by atoms with E-state index in [0.29, 0.717) is 10.2 Å². The Labute approximate surface area is 127 Å². The molecular weight excluding hydrogens is 346 g/mol. The van der Waals surface area contributed by atoms with Crippen molar-refractivity contribution < 1.29 is 17.9 Å². The van der Waals surface area contributed by atoms with Crippen molar-refractivity contribution in [3.8, 4) is 5.75 Å². The summed E-state index contributed by atoms with van der Waals surface area (Å²) in [6.45, 7) is 0. The quantitative estimate of drug-likeness (QED) is 0.890. The fraction of sp³-hybridized carbons (Fsp3) is 0.538. The number of primary sulfonamides is 1. The molecule has 2 unspecified atom stereocenters. The molecule has 0 spiro atoms. The van der Waals surface area contributed by atoms with Gasteiger partial charge in [-0.15, -0.1) is 0 Å². The van der Waals surface area contributed by atoms with Gasteiger partial charge in [-0.25, -0.2) is 13.6 Å². The number of hydrogen-bond donors (Lipinski definition) is 1. The van der Waals surface area contributed by atoms with E-state index in [1.165, 1.54) is 6.07 Å². The molecule has 2 atom stereocenters. The molecule has 1 aromatic carbocycles. The van der Waals surface area contributed by atoms with Crippen LogP contribution in [0.3, 0.4) is 0 Å². The molecule has 1 aliphatic rings. The van der Waals surface area contributed by atoms with E-state index < -0.39 is 10.0 Å². The van der Waals surface area contributed by atoms with Gasteiger partial charge in [-0.3, -0.25) is 0 Å². The Morgan fingerprint density at radius 3 is 2.65 bits per heavy atom. The average molecular weight is 364 g/mol. The number of ether oxygens (including phenoxy) is 2. The van der Waals surface area contributed by atoms with Gasteiger partial charge in [0.25, 0.3) is 0 Å². The number of halogens is 1. The highest BCUT2D eigenvalue weighted by Crippen LogP contribution is 2.31. The maximum absolute atomic E-state index is 11.6. The molecule has 20 heavy (non-hydrogen) atoms. The zero-order valence-electron chi connectivity index (χ0n) is 11.2. The lowest BCUT2D eigenvalue weighted by Gasteiger charge is -2.29. The third-order valence-corrected chi connectivity index (χ3v) is 4.84. The van der Waals surface area contributed by atoms with E-state index in [9.17, 15) is 8.42 Å². The molecule has 112 valence electrons. The van der Waals surface area contributed by atoms with Crippen LogP contribution in [-0.4, -0.2) is 27.7 Å². The zero-order valence-corrected chi connectivity index (χ0v) is 13.6. The largest absolute Gasteiger partial charge is 0.489 e. The van der Waals surface area contributed by atoms with Crippen LogP contribution in [0.15, 0.2) is 27.6 Å². The van der Waals surface area contributed by atoms with Crippen molar-refractivity contribution in [1.82, 2.24) is 0 Å². The molecule has 0 amide bonds. The first-order chi connectivity index (χ1) is 9.40. The molecule has 2 N–H and O–H groups in total. The van der Waals surface area contributed by atoms with Gasteiger partial charge in [-0.2, -0.15) is 0 Å². The number of rotatable bonds is 4. The van der Waals surface area contributed by atoms with Gasteiger partial charge in [-0.1, -0.05) is 15.9 Å². The summed E-state index contributed by atoms with van der Waals surface area (Å²) in [5, 5.41) is 5.23. The molecule has 0 heterocycles. The lowest BCUT2D eigenvalue weighted by molar-refractivity contribution is 0.0200. The molecule has 0 aliphatic heterocycles. The monoisotopic (exact) mass is 363 g/mol. The Balaban J connectivity index is 2.21. The Morgan fingerprint density at radius 1 is 1.30 bits per heavy atom. The van der Waals surface area contributed by atoms with E-state index in [1.54, 1.807) is 19.2 Å². The van der Waals surface area contributed by atoms with Gasteiger partial charge in [0, 0.05) is 18.0 Å². The molecule has 1 aromatic rings. The lowest BCUT2D eigenvalue weighted by atomic mass is 9.95. The van der Waals surface area contributed by atoms with Crippen molar-refractivity contribution in [2.45, 2.75) is 42.8 Å². The third-order valence-electron chi connectivity index (χ3n) is 3.42. The number of methoxy groups -OCH3 is 1. The van der Waals surface area contributed by atoms with Gasteiger partial charge >= 0.3 is 0 Å². The Bertz CT molecular complexity index is 576. The van der Waals surface area contributed by atoms with Crippen molar-refractivity contribution in [2.75, 3.05) is 7.11 Å². The second-order valence-corrected chi connectivity index (χ2v) is 7.35. The summed E-state index contributed by atoms with van der Waals surface area (Å²) >= 11 is 3.24. The summed E-state index contributed by atoms with van der Waals surface area (Å²) in [6, 6.07) is 4.82. The van der Waals surface area contributed by atoms with Gasteiger partial charge in [0.15, 0.2) is 0 Å². The summed E-state index contributed by atoms with van der Waals surface area (Å²) in [6.07, 6.45) is 3.79. The topological polar surface area (TPSA) is 78.6 Å². The molecule has 0 bridgehead atoms. The van der Waals surface area contributed by atoms with Crippen LogP contribution in [0.2, 0.25) is 0 Å². The highest BCUT2D eigenvalue weighted by molar-refractivity contribution is 9.10. The van der Waals surface area contributed by atoms with Crippen LogP contribution in [0, 0.1) is 0 Å². The van der Waals surface area contributed by atoms with Crippen molar-refractivity contribution in [1.29, 1.82) is 0 Å². The summed E-state index contributed by atoms with van der Waals surface area (Å²) in [4.78, 5) is 0.00594. The minimum Gasteiger partial charge on any atom is -0.489 e. The first-order valence-electron chi connectivity index (χ1n) is 6.42. The minimum atomic E-state index is -3.81. The molecular formula is C13H18BrNO4S. The van der Waals surface area contributed by atoms with Crippen LogP contribution in [-0.2, 0) is 14.8 Å². The van der Waals surface area contributed by atoms with Crippen LogP contribution >= 0.6 is 15.9 Å². The van der Waals surface area contributed by atoms with E-state index in [-0.39, 0.29) is 17.1 Å². The molecule has 0 aromatic heterocycles. The second kappa shape index (κ2) is 6.43. The fourth-order valence-electron chi connectivity index (χ4n) is 2.40. The first-order valence-corrected chi connectivity index (χ1v) is 8.76. The van der Waals surface area contributed by atoms with E-state index in [1.807, 2.05) is 0 Å². The summed E-state index contributed by atoms with van der Waals surface area (Å²) in [7, 11) is -2.13. The number of sulfonamides is 1. The Kier molecular flexibility index (Phi) is 5.06. The maximum atomic E-state index is 11.6. The average Bonchev–Trinajstić information content (AvgIpc) is 2.40. The van der Waals surface area contributed by atoms with Crippen molar-refractivity contribution >= 4 is 26.0 Å². The van der Waals surface area contributed by atoms with E-state index in [2.05, 4.69) is 15.9 Å². The molecule has 0 saturated heterocycles. The standard InChI is InChI=1S/C13H18BrNO4S/c1-18-10-3-2-4-11(8-10)19-12-6-5-9(14)7-13(12)20(15,16)17/h5-7,10-11H,2-4,8H2,1H3,(H2,15,16,17). The van der Waals surface area contributed by atoms with Gasteiger partial charge in [0.1, 0.15) is 16.7 Å². The predicted molar refractivity (Wildman–Crippen MR) is 79.2 cm³/mol. The smallest absolute Gasteiger partial charge is 0.241 e. The predicted octanol–water partition coefficient (Wildman–Crippen LogP) is 2.43. The maximum Gasteiger partial charge on any atom is 0.241 e. The number of nitrogens with two attached hydrogens (primary N) is 1. The first kappa shape index (κ1) is 15.8. The van der Waals surface area contributed by atoms with Gasteiger partial charge in [0.2, 0.25) is 10.0 Å². The third kappa shape index (κ3) is 3.94. The number of benzene rings is 1. The highest BCUT2D eigenvalue weighted by atomic mass is 79.9. The van der Waals surface area contributed by atoms with E-state index in [4.69, 9.17) is 14.6 Å². The Hall–Kier alpha value is -0.630. The molecule has 1 saturated carbocycles. The van der Waals surface area contributed by atoms with E-state index in [0.717, 1.165) is 25.7 Å². The molecule has 7 heteroatoms. The summed E-state index contributed by atoms with van der Waals surface area (Å²) in [5.41, 5.74) is 0. The SMILES string of the molecule is COC1CCCC(Oc2ccc(Br)cc2S(N)(=O)=O)C1. The van der Waals surface area contributed by atoms with Crippen LogP contribution in [0.25, 0.3) is 0 Å².